The fourth-order valence-corrected chi connectivity index (χ4v) is 9.77. The lowest BCUT2D eigenvalue weighted by Gasteiger charge is -2.27. The number of carbonyl (C=O) groups is 2. The number of rotatable bonds is 15. The minimum absolute atomic E-state index is 0.306. The van der Waals surface area contributed by atoms with Gasteiger partial charge in [0.15, 0.2) is 12.3 Å². The van der Waals surface area contributed by atoms with Crippen molar-refractivity contribution < 1.29 is 33.1 Å². The lowest BCUT2D eigenvalue weighted by molar-refractivity contribution is -0.438. The Bertz CT molecular complexity index is 2500. The number of methoxy groups -OCH3 is 2. The Morgan fingerprint density at radius 2 is 1.37 bits per heavy atom. The maximum Gasteiger partial charge on any atom is 0.338 e. The number of hydrogen-bond donors (Lipinski definition) is 0. The van der Waals surface area contributed by atoms with E-state index >= 15 is 0 Å². The van der Waals surface area contributed by atoms with Crippen molar-refractivity contribution in [3.63, 3.8) is 0 Å². The number of hydrogen-bond acceptors (Lipinski definition) is 7. The molecule has 0 saturated carbocycles. The number of fused-ring (bicyclic) bond motifs is 6. The largest absolute Gasteiger partial charge is 0.462 e. The van der Waals surface area contributed by atoms with Crippen molar-refractivity contribution in [3.05, 3.63) is 129 Å². The quantitative estimate of drug-likeness (QED) is 0.0671. The zero-order valence-electron chi connectivity index (χ0n) is 36.4. The highest BCUT2D eigenvalue weighted by atomic mass is 35.5. The highest BCUT2D eigenvalue weighted by Gasteiger charge is 2.46. The Morgan fingerprint density at radius 3 is 2.00 bits per heavy atom. The van der Waals surface area contributed by atoms with Crippen LogP contribution in [0.5, 0.6) is 0 Å². The Morgan fingerprint density at radius 1 is 0.750 bits per heavy atom. The third kappa shape index (κ3) is 7.97. The first-order chi connectivity index (χ1) is 28.9. The van der Waals surface area contributed by atoms with Crippen LogP contribution in [0.4, 0.5) is 11.4 Å². The molecule has 4 aromatic rings. The van der Waals surface area contributed by atoms with Crippen LogP contribution < -0.4 is 4.90 Å². The van der Waals surface area contributed by atoms with Crippen molar-refractivity contribution in [1.29, 1.82) is 0 Å². The number of halogens is 1. The number of ether oxygens (including phenoxy) is 4. The molecule has 7 rings (SSSR count). The molecule has 0 N–H and O–H groups in total. The monoisotopic (exact) mass is 829 g/mol. The Labute approximate surface area is 359 Å². The number of esters is 2. The van der Waals surface area contributed by atoms with Gasteiger partial charge in [-0.3, -0.25) is 0 Å². The summed E-state index contributed by atoms with van der Waals surface area (Å²) in [5, 5.41) is 5.09. The normalized spacial score (nSPS) is 18.2. The van der Waals surface area contributed by atoms with Gasteiger partial charge in [-0.25, -0.2) is 9.59 Å². The summed E-state index contributed by atoms with van der Waals surface area (Å²) in [6.45, 7) is 16.4. The van der Waals surface area contributed by atoms with Crippen molar-refractivity contribution in [2.45, 2.75) is 78.1 Å². The summed E-state index contributed by atoms with van der Waals surface area (Å²) in [4.78, 5) is 27.6. The summed E-state index contributed by atoms with van der Waals surface area (Å²) in [6.07, 6.45) is 12.4. The number of anilines is 1. The van der Waals surface area contributed by atoms with Crippen LogP contribution in [-0.2, 0) is 29.8 Å². The van der Waals surface area contributed by atoms with Gasteiger partial charge in [-0.2, -0.15) is 4.58 Å². The predicted octanol–water partition coefficient (Wildman–Crippen LogP) is 11.2. The summed E-state index contributed by atoms with van der Waals surface area (Å²) in [5.74, 6) is -0.613. The average molecular weight is 830 g/mol. The molecule has 2 heterocycles. The van der Waals surface area contributed by atoms with Crippen molar-refractivity contribution in [3.8, 4) is 0 Å². The maximum atomic E-state index is 12.6. The van der Waals surface area contributed by atoms with Crippen LogP contribution in [0.25, 0.3) is 21.5 Å². The zero-order chi connectivity index (χ0) is 42.8. The van der Waals surface area contributed by atoms with Crippen molar-refractivity contribution in [2.24, 2.45) is 0 Å². The van der Waals surface area contributed by atoms with Crippen molar-refractivity contribution in [1.82, 2.24) is 0 Å². The van der Waals surface area contributed by atoms with Gasteiger partial charge in [0.05, 0.1) is 36.4 Å². The SMILES string of the molecule is CCOC(=O)c1ccc2c3c(ccc2c1)[N+](CCCOC)=C(/C=C/C1=C(Cl)C(=C/C=C2/N(CCCOC)c4ccc5cc(C(=O)OCC)ccc5c4C2(C)C)/CC1)C3(C)C. The van der Waals surface area contributed by atoms with E-state index in [1.807, 2.05) is 38.1 Å². The molecule has 0 radical (unpaired) electrons. The van der Waals surface area contributed by atoms with Gasteiger partial charge in [0, 0.05) is 73.3 Å². The van der Waals surface area contributed by atoms with Crippen LogP contribution in [-0.4, -0.2) is 76.0 Å². The molecule has 0 spiro atoms. The van der Waals surface area contributed by atoms with Gasteiger partial charge in [0.2, 0.25) is 5.69 Å². The molecule has 0 fully saturated rings. The van der Waals surface area contributed by atoms with Crippen LogP contribution in [0.1, 0.15) is 99.1 Å². The second-order valence-electron chi connectivity index (χ2n) is 16.8. The van der Waals surface area contributed by atoms with Crippen LogP contribution in [0, 0.1) is 0 Å². The second-order valence-corrected chi connectivity index (χ2v) is 17.2. The number of carbonyl (C=O) groups excluding carboxylic acids is 2. The van der Waals surface area contributed by atoms with E-state index < -0.39 is 0 Å². The van der Waals surface area contributed by atoms with E-state index in [1.54, 1.807) is 14.2 Å². The van der Waals surface area contributed by atoms with Gasteiger partial charge in [-0.05, 0) is 128 Å². The molecule has 1 aliphatic carbocycles. The number of benzene rings is 4. The first-order valence-corrected chi connectivity index (χ1v) is 21.6. The lowest BCUT2D eigenvalue weighted by atomic mass is 9.78. The molecular formula is C51H58ClN2O6+. The van der Waals surface area contributed by atoms with Gasteiger partial charge in [-0.1, -0.05) is 55.8 Å². The third-order valence-electron chi connectivity index (χ3n) is 12.3. The molecule has 60 heavy (non-hydrogen) atoms. The van der Waals surface area contributed by atoms with Crippen LogP contribution in [0.2, 0.25) is 0 Å². The van der Waals surface area contributed by atoms with E-state index in [0.29, 0.717) is 37.6 Å². The van der Waals surface area contributed by atoms with Crippen LogP contribution >= 0.6 is 11.6 Å². The topological polar surface area (TPSA) is 77.3 Å². The van der Waals surface area contributed by atoms with Gasteiger partial charge in [-0.15, -0.1) is 0 Å². The standard InChI is InChI=1S/C51H58ClN2O6/c1-9-59-48(55)37-15-21-39-35(31-37)17-23-41-45(39)50(3,4)43(53(41)27-11-29-57-7)25-19-33-13-14-34(47(33)52)20-26-44-51(5,6)46-40-22-16-38(49(56)60-10-2)32-36(40)18-24-42(46)54(44)28-12-30-58-8/h15-26,31-32H,9-14,27-30H2,1-8H3/q+1. The van der Waals surface area contributed by atoms with Crippen molar-refractivity contribution >= 4 is 62.2 Å². The summed E-state index contributed by atoms with van der Waals surface area (Å²) in [5.41, 5.74) is 9.95. The highest BCUT2D eigenvalue weighted by Crippen LogP contribution is 2.51. The molecule has 2 aliphatic heterocycles. The highest BCUT2D eigenvalue weighted by molar-refractivity contribution is 6.33. The summed E-state index contributed by atoms with van der Waals surface area (Å²) in [7, 11) is 3.49. The zero-order valence-corrected chi connectivity index (χ0v) is 37.1. The smallest absolute Gasteiger partial charge is 0.338 e. The van der Waals surface area contributed by atoms with E-state index in [0.717, 1.165) is 76.5 Å². The molecule has 0 saturated heterocycles. The number of nitrogens with zero attached hydrogens (tertiary/aromatic N) is 2. The molecule has 314 valence electrons. The molecule has 0 bridgehead atoms. The molecule has 3 aliphatic rings. The molecule has 4 aromatic carbocycles. The first-order valence-electron chi connectivity index (χ1n) is 21.2. The van der Waals surface area contributed by atoms with Gasteiger partial charge in [0.1, 0.15) is 0 Å². The lowest BCUT2D eigenvalue weighted by Crippen LogP contribution is -2.28. The van der Waals surface area contributed by atoms with E-state index in [9.17, 15) is 9.59 Å². The van der Waals surface area contributed by atoms with E-state index in [4.69, 9.17) is 30.5 Å². The predicted molar refractivity (Wildman–Crippen MR) is 243 cm³/mol. The van der Waals surface area contributed by atoms with Crippen LogP contribution in [0.3, 0.4) is 0 Å². The molecular weight excluding hydrogens is 772 g/mol. The van der Waals surface area contributed by atoms with E-state index in [2.05, 4.69) is 97.9 Å². The fourth-order valence-electron chi connectivity index (χ4n) is 9.45. The van der Waals surface area contributed by atoms with Crippen molar-refractivity contribution in [2.75, 3.05) is 58.6 Å². The fraction of sp³-hybridized carbons (Fsp3) is 0.392. The Hall–Kier alpha value is -5.02. The van der Waals surface area contributed by atoms with E-state index in [1.165, 1.54) is 33.9 Å². The first kappa shape index (κ1) is 43.1. The average Bonchev–Trinajstić information content (AvgIpc) is 3.77. The van der Waals surface area contributed by atoms with E-state index in [-0.39, 0.29) is 22.8 Å². The molecule has 0 amide bonds. The van der Waals surface area contributed by atoms with Gasteiger partial charge < -0.3 is 23.8 Å². The maximum absolute atomic E-state index is 12.6. The molecule has 0 atom stereocenters. The second kappa shape index (κ2) is 17.9. The Balaban J connectivity index is 1.22. The summed E-state index contributed by atoms with van der Waals surface area (Å²) >= 11 is 7.28. The molecule has 8 nitrogen and oxygen atoms in total. The minimum Gasteiger partial charge on any atom is -0.462 e. The molecule has 0 aromatic heterocycles. The molecule has 0 unspecified atom stereocenters. The van der Waals surface area contributed by atoms with Gasteiger partial charge >= 0.3 is 11.9 Å². The molecule has 9 heteroatoms. The Kier molecular flexibility index (Phi) is 12.9. The third-order valence-corrected chi connectivity index (χ3v) is 12.8. The summed E-state index contributed by atoms with van der Waals surface area (Å²) in [6, 6.07) is 20.4. The number of allylic oxidation sites excluding steroid dienone is 8. The van der Waals surface area contributed by atoms with Gasteiger partial charge in [0.25, 0.3) is 0 Å². The minimum atomic E-state index is -0.321. The van der Waals surface area contributed by atoms with Crippen LogP contribution in [0.15, 0.2) is 107 Å². The summed E-state index contributed by atoms with van der Waals surface area (Å²) < 4.78 is 24.0.